The third-order valence-electron chi connectivity index (χ3n) is 7.61. The highest BCUT2D eigenvalue weighted by atomic mass is 35.5. The summed E-state index contributed by atoms with van der Waals surface area (Å²) in [5.41, 5.74) is -2.84. The first-order valence-electron chi connectivity index (χ1n) is 13.1. The van der Waals surface area contributed by atoms with E-state index in [2.05, 4.69) is 10.2 Å². The number of aliphatic hydroxyl groups is 1. The van der Waals surface area contributed by atoms with E-state index in [1.54, 1.807) is 26.2 Å². The van der Waals surface area contributed by atoms with Gasteiger partial charge in [0.1, 0.15) is 0 Å². The molecule has 0 aromatic heterocycles. The van der Waals surface area contributed by atoms with Crippen molar-refractivity contribution in [2.75, 3.05) is 45.6 Å². The Morgan fingerprint density at radius 3 is 2.31 bits per heavy atom. The number of piperidine rings is 2. The summed E-state index contributed by atoms with van der Waals surface area (Å²) in [7, 11) is 3.34. The van der Waals surface area contributed by atoms with Crippen molar-refractivity contribution >= 4 is 29.1 Å². The number of rotatable bonds is 6. The van der Waals surface area contributed by atoms with Gasteiger partial charge in [-0.05, 0) is 50.4 Å². The maximum Gasteiger partial charge on any atom is 0.430 e. The number of carbonyl (C=O) groups excluding carboxylic acids is 2. The molecule has 11 heteroatoms. The first-order valence-corrected chi connectivity index (χ1v) is 13.5. The molecule has 2 N–H and O–H groups in total. The zero-order valence-electron chi connectivity index (χ0n) is 22.0. The number of nitrogens with zero attached hydrogens (tertiary/aromatic N) is 3. The van der Waals surface area contributed by atoms with Crippen LogP contribution in [0.15, 0.2) is 48.5 Å². The summed E-state index contributed by atoms with van der Waals surface area (Å²) in [6, 6.07) is 12.1. The van der Waals surface area contributed by atoms with E-state index in [1.807, 2.05) is 6.07 Å². The Hall–Kier alpha value is -2.82. The highest BCUT2D eigenvalue weighted by molar-refractivity contribution is 6.34. The van der Waals surface area contributed by atoms with Gasteiger partial charge in [-0.3, -0.25) is 14.5 Å². The number of hydrogen-bond acceptors (Lipinski definition) is 5. The van der Waals surface area contributed by atoms with Crippen LogP contribution >= 0.6 is 11.6 Å². The molecule has 2 fully saturated rings. The van der Waals surface area contributed by atoms with Crippen LogP contribution in [0.1, 0.15) is 41.6 Å². The summed E-state index contributed by atoms with van der Waals surface area (Å²) < 4.78 is 41.9. The Kier molecular flexibility index (Phi) is 8.78. The van der Waals surface area contributed by atoms with Gasteiger partial charge >= 0.3 is 6.18 Å². The molecule has 0 spiro atoms. The predicted molar refractivity (Wildman–Crippen MR) is 144 cm³/mol. The highest BCUT2D eigenvalue weighted by Gasteiger charge is 2.62. The van der Waals surface area contributed by atoms with Gasteiger partial charge < -0.3 is 20.2 Å². The van der Waals surface area contributed by atoms with Crippen molar-refractivity contribution in [1.29, 1.82) is 0 Å². The van der Waals surface area contributed by atoms with Crippen LogP contribution in [0, 0.1) is 0 Å². The van der Waals surface area contributed by atoms with Gasteiger partial charge in [-0.15, -0.1) is 0 Å². The topological polar surface area (TPSA) is 76.1 Å². The molecule has 2 heterocycles. The first-order chi connectivity index (χ1) is 18.4. The van der Waals surface area contributed by atoms with Gasteiger partial charge in [-0.1, -0.05) is 41.9 Å². The molecule has 2 aliphatic heterocycles. The number of likely N-dealkylation sites (tertiary alicyclic amines) is 2. The zero-order valence-corrected chi connectivity index (χ0v) is 22.8. The fourth-order valence-corrected chi connectivity index (χ4v) is 5.66. The molecule has 0 bridgehead atoms. The Balaban J connectivity index is 1.38. The van der Waals surface area contributed by atoms with Gasteiger partial charge in [-0.2, -0.15) is 13.2 Å². The highest BCUT2D eigenvalue weighted by Crippen LogP contribution is 2.41. The molecular formula is C28H34ClF3N4O3. The van der Waals surface area contributed by atoms with E-state index >= 15 is 0 Å². The third-order valence-corrected chi connectivity index (χ3v) is 7.94. The second-order valence-electron chi connectivity index (χ2n) is 10.5. The van der Waals surface area contributed by atoms with Crippen molar-refractivity contribution in [3.05, 3.63) is 64.7 Å². The molecule has 2 aromatic carbocycles. The minimum atomic E-state index is -5.15. The maximum absolute atomic E-state index is 14.0. The molecule has 212 valence electrons. The Morgan fingerprint density at radius 2 is 1.69 bits per heavy atom. The van der Waals surface area contributed by atoms with E-state index in [4.69, 9.17) is 11.6 Å². The molecule has 2 aliphatic rings. The molecule has 2 aromatic rings. The van der Waals surface area contributed by atoms with E-state index in [0.717, 1.165) is 48.7 Å². The lowest BCUT2D eigenvalue weighted by Gasteiger charge is -2.44. The lowest BCUT2D eigenvalue weighted by atomic mass is 9.90. The quantitative estimate of drug-likeness (QED) is 0.543. The Morgan fingerprint density at radius 1 is 1.03 bits per heavy atom. The number of benzene rings is 2. The molecule has 7 nitrogen and oxygen atoms in total. The van der Waals surface area contributed by atoms with Crippen LogP contribution < -0.4 is 5.32 Å². The van der Waals surface area contributed by atoms with Crippen LogP contribution in [-0.2, 0) is 10.4 Å². The minimum Gasteiger partial charge on any atom is -0.381 e. The standard InChI is InChI=1S/C28H34ClF3N4O3/c1-34(2)25(37)23-17-20(10-11-24(23)29)33-21-9-6-14-36(18-21)22-12-15-35(16-13-22)26(38)27(39,28(30,31)32)19-7-4-3-5-8-19/h3-5,7-8,10-11,17,21-22,33,39H,6,9,12-16,18H2,1-2H3/t21-,27-/m1/s1. The fourth-order valence-electron chi connectivity index (χ4n) is 5.46. The molecule has 2 amide bonds. The van der Waals surface area contributed by atoms with Gasteiger partial charge in [0.05, 0.1) is 10.6 Å². The molecule has 2 atom stereocenters. The number of carbonyl (C=O) groups is 2. The Bertz CT molecular complexity index is 1170. The molecule has 0 unspecified atom stereocenters. The lowest BCUT2D eigenvalue weighted by molar-refractivity contribution is -0.262. The fraction of sp³-hybridized carbons (Fsp3) is 0.500. The second kappa shape index (κ2) is 11.7. The van der Waals surface area contributed by atoms with E-state index in [0.29, 0.717) is 23.4 Å². The van der Waals surface area contributed by atoms with Gasteiger partial charge in [-0.25, -0.2) is 0 Å². The summed E-state index contributed by atoms with van der Waals surface area (Å²) in [5, 5.41) is 14.5. The van der Waals surface area contributed by atoms with Gasteiger partial charge in [0.2, 0.25) is 0 Å². The molecular weight excluding hydrogens is 533 g/mol. The molecule has 0 aliphatic carbocycles. The van der Waals surface area contributed by atoms with Crippen LogP contribution in [0.2, 0.25) is 5.02 Å². The molecule has 4 rings (SSSR count). The van der Waals surface area contributed by atoms with Gasteiger partial charge in [0.15, 0.2) is 0 Å². The van der Waals surface area contributed by atoms with Crippen LogP contribution in [0.4, 0.5) is 18.9 Å². The van der Waals surface area contributed by atoms with Crippen LogP contribution in [0.5, 0.6) is 0 Å². The van der Waals surface area contributed by atoms with Crippen LogP contribution in [0.25, 0.3) is 0 Å². The number of halogens is 4. The number of anilines is 1. The smallest absolute Gasteiger partial charge is 0.381 e. The average molecular weight is 567 g/mol. The van der Waals surface area contributed by atoms with Crippen LogP contribution in [-0.4, -0.2) is 90.2 Å². The van der Waals surface area contributed by atoms with Gasteiger partial charge in [0, 0.05) is 57.1 Å². The van der Waals surface area contributed by atoms with Crippen molar-refractivity contribution in [1.82, 2.24) is 14.7 Å². The van der Waals surface area contributed by atoms with E-state index in [-0.39, 0.29) is 31.1 Å². The van der Waals surface area contributed by atoms with Crippen molar-refractivity contribution in [2.24, 2.45) is 0 Å². The second-order valence-corrected chi connectivity index (χ2v) is 10.9. The number of alkyl halides is 3. The average Bonchev–Trinajstić information content (AvgIpc) is 2.93. The Labute approximate surface area is 231 Å². The summed E-state index contributed by atoms with van der Waals surface area (Å²) in [4.78, 5) is 30.4. The van der Waals surface area contributed by atoms with E-state index in [9.17, 15) is 27.9 Å². The summed E-state index contributed by atoms with van der Waals surface area (Å²) in [6.45, 7) is 1.86. The van der Waals surface area contributed by atoms with Crippen LogP contribution in [0.3, 0.4) is 0 Å². The summed E-state index contributed by atoms with van der Waals surface area (Å²) in [6.07, 6.45) is -2.24. The van der Waals surface area contributed by atoms with Crippen molar-refractivity contribution in [3.63, 3.8) is 0 Å². The SMILES string of the molecule is CN(C)C(=O)c1cc(N[C@@H]2CCCN(C3CCN(C(=O)[C@](O)(c4ccccc4)C(F)(F)F)CC3)C2)ccc1Cl. The normalized spacial score (nSPS) is 20.8. The van der Waals surface area contributed by atoms with Crippen molar-refractivity contribution < 1.29 is 27.9 Å². The number of amides is 2. The van der Waals surface area contributed by atoms with E-state index < -0.39 is 23.2 Å². The molecule has 2 saturated heterocycles. The van der Waals surface area contributed by atoms with Gasteiger partial charge in [0.25, 0.3) is 17.4 Å². The molecule has 39 heavy (non-hydrogen) atoms. The van der Waals surface area contributed by atoms with E-state index in [1.165, 1.54) is 23.1 Å². The number of nitrogens with one attached hydrogen (secondary N) is 1. The third kappa shape index (κ3) is 6.18. The summed E-state index contributed by atoms with van der Waals surface area (Å²) >= 11 is 6.23. The van der Waals surface area contributed by atoms with Crippen molar-refractivity contribution in [3.8, 4) is 0 Å². The largest absolute Gasteiger partial charge is 0.430 e. The maximum atomic E-state index is 14.0. The molecule has 0 saturated carbocycles. The number of hydrogen-bond donors (Lipinski definition) is 2. The molecule has 0 radical (unpaired) electrons. The zero-order chi connectivity index (χ0) is 28.4. The van der Waals surface area contributed by atoms with Crippen molar-refractivity contribution in [2.45, 2.75) is 49.5 Å². The lowest BCUT2D eigenvalue weighted by Crippen LogP contribution is -2.58. The minimum absolute atomic E-state index is 0.116. The first kappa shape index (κ1) is 29.2. The summed E-state index contributed by atoms with van der Waals surface area (Å²) in [5.74, 6) is -1.51. The predicted octanol–water partition coefficient (Wildman–Crippen LogP) is 4.36. The monoisotopic (exact) mass is 566 g/mol.